The third-order valence-electron chi connectivity index (χ3n) is 5.79. The number of hydrogen-bond donors (Lipinski definition) is 0. The van der Waals surface area contributed by atoms with Crippen molar-refractivity contribution < 1.29 is 14.3 Å². The minimum absolute atomic E-state index is 0.232. The van der Waals surface area contributed by atoms with Crippen LogP contribution in [-0.2, 0) is 17.8 Å². The van der Waals surface area contributed by atoms with Gasteiger partial charge in [0.2, 0.25) is 5.91 Å². The maximum absolute atomic E-state index is 12.6. The van der Waals surface area contributed by atoms with Crippen molar-refractivity contribution in [2.75, 3.05) is 40.4 Å². The lowest BCUT2D eigenvalue weighted by molar-refractivity contribution is -0.133. The van der Waals surface area contributed by atoms with Gasteiger partial charge in [-0.2, -0.15) is 0 Å². The topological polar surface area (TPSA) is 54.9 Å². The molecule has 1 aromatic heterocycles. The van der Waals surface area contributed by atoms with Gasteiger partial charge in [-0.1, -0.05) is 24.3 Å². The predicted molar refractivity (Wildman–Crippen MR) is 127 cm³/mol. The van der Waals surface area contributed by atoms with Gasteiger partial charge in [-0.15, -0.1) is 11.3 Å². The Morgan fingerprint density at radius 1 is 1.00 bits per heavy atom. The summed E-state index contributed by atoms with van der Waals surface area (Å²) in [5.74, 6) is 1.91. The number of aromatic nitrogens is 1. The van der Waals surface area contributed by atoms with Gasteiger partial charge >= 0.3 is 0 Å². The van der Waals surface area contributed by atoms with Crippen LogP contribution in [0.1, 0.15) is 17.0 Å². The zero-order valence-electron chi connectivity index (χ0n) is 18.6. The molecule has 2 heterocycles. The Hall–Kier alpha value is -2.90. The molecule has 0 atom stereocenters. The van der Waals surface area contributed by atoms with E-state index in [-0.39, 0.29) is 5.91 Å². The summed E-state index contributed by atoms with van der Waals surface area (Å²) in [4.78, 5) is 21.8. The Kier molecular flexibility index (Phi) is 7.39. The van der Waals surface area contributed by atoms with Crippen molar-refractivity contribution in [3.63, 3.8) is 0 Å². The highest BCUT2D eigenvalue weighted by atomic mass is 32.1. The highest BCUT2D eigenvalue weighted by Crippen LogP contribution is 2.26. The second kappa shape index (κ2) is 10.6. The first-order chi connectivity index (χ1) is 15.6. The van der Waals surface area contributed by atoms with E-state index in [2.05, 4.69) is 16.3 Å². The molecule has 1 aliphatic rings. The van der Waals surface area contributed by atoms with Crippen LogP contribution in [-0.4, -0.2) is 61.1 Å². The molecule has 0 unspecified atom stereocenters. The summed E-state index contributed by atoms with van der Waals surface area (Å²) in [7, 11) is 3.33. The minimum atomic E-state index is 0.232. The van der Waals surface area contributed by atoms with Crippen LogP contribution in [0.5, 0.6) is 11.5 Å². The normalized spacial score (nSPS) is 14.4. The van der Waals surface area contributed by atoms with Gasteiger partial charge in [0.15, 0.2) is 0 Å². The molecule has 1 amide bonds. The number of carbonyl (C=O) groups is 1. The van der Waals surface area contributed by atoms with E-state index in [1.807, 2.05) is 47.4 Å². The molecule has 0 radical (unpaired) electrons. The summed E-state index contributed by atoms with van der Waals surface area (Å²) in [6, 6.07) is 15.9. The molecule has 6 nitrogen and oxygen atoms in total. The number of rotatable bonds is 8. The number of methoxy groups -OCH3 is 2. The maximum Gasteiger partial charge on any atom is 0.222 e. The lowest BCUT2D eigenvalue weighted by Gasteiger charge is -2.34. The van der Waals surface area contributed by atoms with E-state index >= 15 is 0 Å². The Morgan fingerprint density at radius 3 is 2.47 bits per heavy atom. The molecule has 0 bridgehead atoms. The smallest absolute Gasteiger partial charge is 0.222 e. The highest BCUT2D eigenvalue weighted by Gasteiger charge is 2.21. The molecule has 7 heteroatoms. The monoisotopic (exact) mass is 451 g/mol. The number of nitrogens with zero attached hydrogens (tertiary/aromatic N) is 3. The standard InChI is InChI=1S/C25H29N3O3S/c1-30-21-9-6-19(7-10-21)8-11-25(29)28-14-12-27(13-15-28)17-24-26-23(18-32-24)20-4-3-5-22(16-20)31-2/h3-7,9-10,16,18H,8,11-15,17H2,1-2H3. The van der Waals surface area contributed by atoms with Crippen molar-refractivity contribution in [1.82, 2.24) is 14.8 Å². The fourth-order valence-electron chi connectivity index (χ4n) is 3.85. The van der Waals surface area contributed by atoms with Crippen LogP contribution in [0, 0.1) is 0 Å². The van der Waals surface area contributed by atoms with Gasteiger partial charge < -0.3 is 14.4 Å². The predicted octanol–water partition coefficient (Wildman–Crippen LogP) is 4.10. The average molecular weight is 452 g/mol. The fraction of sp³-hybridized carbons (Fsp3) is 0.360. The van der Waals surface area contributed by atoms with Crippen LogP contribution in [0.2, 0.25) is 0 Å². The average Bonchev–Trinajstić information content (AvgIpc) is 3.32. The van der Waals surface area contributed by atoms with Crippen LogP contribution in [0.15, 0.2) is 53.9 Å². The molecular formula is C25H29N3O3S. The van der Waals surface area contributed by atoms with Gasteiger partial charge in [-0.05, 0) is 36.2 Å². The second-order valence-electron chi connectivity index (χ2n) is 7.86. The van der Waals surface area contributed by atoms with Crippen molar-refractivity contribution >= 4 is 17.2 Å². The van der Waals surface area contributed by atoms with Crippen molar-refractivity contribution in [1.29, 1.82) is 0 Å². The number of aryl methyl sites for hydroxylation is 1. The molecule has 0 N–H and O–H groups in total. The van der Waals surface area contributed by atoms with E-state index < -0.39 is 0 Å². The fourth-order valence-corrected chi connectivity index (χ4v) is 4.69. The number of carbonyl (C=O) groups excluding carboxylic acids is 1. The summed E-state index contributed by atoms with van der Waals surface area (Å²) in [6.07, 6.45) is 1.30. The first-order valence-corrected chi connectivity index (χ1v) is 11.7. The first-order valence-electron chi connectivity index (χ1n) is 10.9. The van der Waals surface area contributed by atoms with E-state index in [0.717, 1.165) is 72.5 Å². The van der Waals surface area contributed by atoms with Crippen LogP contribution in [0.25, 0.3) is 11.3 Å². The largest absolute Gasteiger partial charge is 0.497 e. The lowest BCUT2D eigenvalue weighted by Crippen LogP contribution is -2.48. The summed E-state index contributed by atoms with van der Waals surface area (Å²) in [6.45, 7) is 4.12. The lowest BCUT2D eigenvalue weighted by atomic mass is 10.1. The molecular weight excluding hydrogens is 422 g/mol. The van der Waals surface area contributed by atoms with Crippen LogP contribution in [0.4, 0.5) is 0 Å². The van der Waals surface area contributed by atoms with Crippen LogP contribution >= 0.6 is 11.3 Å². The van der Waals surface area contributed by atoms with Gasteiger partial charge in [-0.25, -0.2) is 4.98 Å². The maximum atomic E-state index is 12.6. The Bertz CT molecular complexity index is 1030. The number of ether oxygens (including phenoxy) is 2. The van der Waals surface area contributed by atoms with Gasteiger partial charge in [0.25, 0.3) is 0 Å². The summed E-state index contributed by atoms with van der Waals surface area (Å²) in [5, 5.41) is 3.20. The van der Waals surface area contributed by atoms with Gasteiger partial charge in [0.05, 0.1) is 26.5 Å². The molecule has 4 rings (SSSR count). The molecule has 2 aromatic carbocycles. The Labute approximate surface area is 193 Å². The highest BCUT2D eigenvalue weighted by molar-refractivity contribution is 7.09. The van der Waals surface area contributed by atoms with Crippen molar-refractivity contribution in [3.8, 4) is 22.8 Å². The third-order valence-corrected chi connectivity index (χ3v) is 6.62. The van der Waals surface area contributed by atoms with E-state index in [9.17, 15) is 4.79 Å². The van der Waals surface area contributed by atoms with Crippen molar-refractivity contribution in [2.24, 2.45) is 0 Å². The zero-order valence-corrected chi connectivity index (χ0v) is 19.4. The minimum Gasteiger partial charge on any atom is -0.497 e. The molecule has 3 aromatic rings. The summed E-state index contributed by atoms with van der Waals surface area (Å²) in [5.41, 5.74) is 3.21. The molecule has 0 aliphatic carbocycles. The van der Waals surface area contributed by atoms with Crippen LogP contribution < -0.4 is 9.47 Å². The number of hydrogen-bond acceptors (Lipinski definition) is 6. The molecule has 0 spiro atoms. The Balaban J connectivity index is 1.24. The van der Waals surface area contributed by atoms with E-state index in [1.54, 1.807) is 25.6 Å². The summed E-state index contributed by atoms with van der Waals surface area (Å²) < 4.78 is 10.5. The van der Waals surface area contributed by atoms with Gasteiger partial charge in [0.1, 0.15) is 16.5 Å². The summed E-state index contributed by atoms with van der Waals surface area (Å²) >= 11 is 1.68. The number of amides is 1. The van der Waals surface area contributed by atoms with E-state index in [1.165, 1.54) is 0 Å². The van der Waals surface area contributed by atoms with E-state index in [0.29, 0.717) is 6.42 Å². The molecule has 168 valence electrons. The molecule has 1 fully saturated rings. The third kappa shape index (κ3) is 5.66. The number of piperazine rings is 1. The van der Waals surface area contributed by atoms with Gasteiger partial charge in [0, 0.05) is 43.5 Å². The van der Waals surface area contributed by atoms with E-state index in [4.69, 9.17) is 14.5 Å². The van der Waals surface area contributed by atoms with Gasteiger partial charge in [-0.3, -0.25) is 9.69 Å². The molecule has 32 heavy (non-hydrogen) atoms. The SMILES string of the molecule is COc1ccc(CCC(=O)N2CCN(Cc3nc(-c4cccc(OC)c4)cs3)CC2)cc1. The quantitative estimate of drug-likeness (QED) is 0.516. The molecule has 0 saturated carbocycles. The van der Waals surface area contributed by atoms with Crippen molar-refractivity contribution in [2.45, 2.75) is 19.4 Å². The zero-order chi connectivity index (χ0) is 22.3. The second-order valence-corrected chi connectivity index (χ2v) is 8.81. The Morgan fingerprint density at radius 2 is 1.75 bits per heavy atom. The molecule has 1 aliphatic heterocycles. The van der Waals surface area contributed by atoms with Crippen LogP contribution in [0.3, 0.4) is 0 Å². The number of thiazole rings is 1. The first kappa shape index (κ1) is 22.3. The van der Waals surface area contributed by atoms with Crippen molar-refractivity contribution in [3.05, 3.63) is 64.5 Å². The molecule has 1 saturated heterocycles. The number of benzene rings is 2.